The van der Waals surface area contributed by atoms with Crippen LogP contribution in [0.4, 0.5) is 8.78 Å². The number of hydrogen-bond donors (Lipinski definition) is 0. The molecule has 0 aliphatic heterocycles. The van der Waals surface area contributed by atoms with E-state index in [1.165, 1.54) is 12.1 Å². The lowest BCUT2D eigenvalue weighted by atomic mass is 10.1. The molecule has 3 rings (SSSR count). The van der Waals surface area contributed by atoms with Crippen molar-refractivity contribution in [2.24, 2.45) is 0 Å². The molecular weight excluding hydrogens is 316 g/mol. The Kier molecular flexibility index (Phi) is 3.02. The van der Waals surface area contributed by atoms with Crippen molar-refractivity contribution in [1.82, 2.24) is 14.6 Å². The fourth-order valence-electron chi connectivity index (χ4n) is 1.93. The summed E-state index contributed by atoms with van der Waals surface area (Å²) in [5, 5.41) is 8.04. The van der Waals surface area contributed by atoms with Crippen LogP contribution in [0, 0.1) is 11.6 Å². The molecule has 96 valence electrons. The molecule has 0 saturated carbocycles. The van der Waals surface area contributed by atoms with Gasteiger partial charge >= 0.3 is 0 Å². The van der Waals surface area contributed by atoms with Gasteiger partial charge in [-0.25, -0.2) is 8.78 Å². The van der Waals surface area contributed by atoms with E-state index < -0.39 is 11.6 Å². The van der Waals surface area contributed by atoms with Crippen LogP contribution in [0.15, 0.2) is 41.0 Å². The summed E-state index contributed by atoms with van der Waals surface area (Å²) >= 11 is 3.36. The molecule has 6 heteroatoms. The van der Waals surface area contributed by atoms with Crippen LogP contribution >= 0.6 is 15.9 Å². The first-order chi connectivity index (χ1) is 9.11. The average Bonchev–Trinajstić information content (AvgIpc) is 2.70. The maximum Gasteiger partial charge on any atom is 0.160 e. The van der Waals surface area contributed by atoms with Crippen LogP contribution in [-0.2, 0) is 6.42 Å². The Hall–Kier alpha value is -1.82. The largest absolute Gasteiger partial charge is 0.285 e. The van der Waals surface area contributed by atoms with E-state index in [1.54, 1.807) is 4.40 Å². The number of halogens is 3. The molecule has 1 aromatic carbocycles. The molecule has 2 heterocycles. The topological polar surface area (TPSA) is 30.2 Å². The highest BCUT2D eigenvalue weighted by molar-refractivity contribution is 9.10. The first kappa shape index (κ1) is 12.2. The highest BCUT2D eigenvalue weighted by atomic mass is 79.9. The molecule has 0 radical (unpaired) electrons. The number of aromatic nitrogens is 3. The van der Waals surface area contributed by atoms with Gasteiger partial charge in [0.1, 0.15) is 17.5 Å². The smallest absolute Gasteiger partial charge is 0.160 e. The van der Waals surface area contributed by atoms with Crippen molar-refractivity contribution in [3.63, 3.8) is 0 Å². The van der Waals surface area contributed by atoms with Crippen LogP contribution in [0.3, 0.4) is 0 Å². The van der Waals surface area contributed by atoms with Crippen LogP contribution in [0.1, 0.15) is 11.4 Å². The van der Waals surface area contributed by atoms with Crippen LogP contribution in [0.25, 0.3) is 5.65 Å². The fourth-order valence-corrected chi connectivity index (χ4v) is 2.27. The van der Waals surface area contributed by atoms with Gasteiger partial charge in [0.05, 0.1) is 0 Å². The molecule has 0 N–H and O–H groups in total. The monoisotopic (exact) mass is 323 g/mol. The first-order valence-electron chi connectivity index (χ1n) is 5.56. The summed E-state index contributed by atoms with van der Waals surface area (Å²) < 4.78 is 29.0. The van der Waals surface area contributed by atoms with Crippen molar-refractivity contribution >= 4 is 21.6 Å². The van der Waals surface area contributed by atoms with E-state index in [4.69, 9.17) is 0 Å². The van der Waals surface area contributed by atoms with Crippen molar-refractivity contribution in [2.45, 2.75) is 6.42 Å². The Morgan fingerprint density at radius 1 is 1.05 bits per heavy atom. The van der Waals surface area contributed by atoms with Crippen molar-refractivity contribution in [2.75, 3.05) is 0 Å². The average molecular weight is 324 g/mol. The Labute approximate surface area is 116 Å². The van der Waals surface area contributed by atoms with Gasteiger partial charge in [-0.1, -0.05) is 0 Å². The number of fused-ring (bicyclic) bond motifs is 1. The Morgan fingerprint density at radius 2 is 1.79 bits per heavy atom. The van der Waals surface area contributed by atoms with Gasteiger partial charge in [0.15, 0.2) is 5.65 Å². The summed E-state index contributed by atoms with van der Waals surface area (Å²) in [6.45, 7) is 0. The molecule has 0 spiro atoms. The van der Waals surface area contributed by atoms with Gasteiger partial charge in [0.2, 0.25) is 0 Å². The second-order valence-corrected chi connectivity index (χ2v) is 5.06. The summed E-state index contributed by atoms with van der Waals surface area (Å²) in [6, 6.07) is 7.11. The van der Waals surface area contributed by atoms with Crippen LogP contribution in [0.5, 0.6) is 0 Å². The Morgan fingerprint density at radius 3 is 2.53 bits per heavy atom. The second kappa shape index (κ2) is 4.70. The van der Waals surface area contributed by atoms with Crippen LogP contribution in [-0.4, -0.2) is 14.6 Å². The van der Waals surface area contributed by atoms with Crippen molar-refractivity contribution < 1.29 is 8.78 Å². The molecule has 0 fully saturated rings. The number of benzene rings is 1. The molecule has 0 atom stereocenters. The Balaban J connectivity index is 2.03. The lowest BCUT2D eigenvalue weighted by Gasteiger charge is -2.02. The predicted molar refractivity (Wildman–Crippen MR) is 69.9 cm³/mol. The van der Waals surface area contributed by atoms with Gasteiger partial charge in [-0.2, -0.15) is 0 Å². The third-order valence-electron chi connectivity index (χ3n) is 2.72. The third-order valence-corrected chi connectivity index (χ3v) is 3.19. The van der Waals surface area contributed by atoms with E-state index in [1.807, 2.05) is 18.3 Å². The maximum atomic E-state index is 13.1. The van der Waals surface area contributed by atoms with Crippen molar-refractivity contribution in [3.8, 4) is 0 Å². The molecule has 0 saturated heterocycles. The molecule has 19 heavy (non-hydrogen) atoms. The zero-order valence-electron chi connectivity index (χ0n) is 9.65. The van der Waals surface area contributed by atoms with E-state index in [2.05, 4.69) is 26.1 Å². The highest BCUT2D eigenvalue weighted by Crippen LogP contribution is 2.16. The Bertz CT molecular complexity index is 734. The molecule has 0 unspecified atom stereocenters. The fraction of sp³-hybridized carbons (Fsp3) is 0.0769. The van der Waals surface area contributed by atoms with Gasteiger partial charge in [0.25, 0.3) is 0 Å². The normalized spacial score (nSPS) is 11.1. The number of nitrogens with zero attached hydrogens (tertiary/aromatic N) is 3. The standard InChI is InChI=1S/C13H8BrF2N3/c14-9-1-2-12-17-18-13(19(12)7-9)5-8-3-10(15)6-11(16)4-8/h1-4,6-7H,5H2. The van der Waals surface area contributed by atoms with Crippen molar-refractivity contribution in [1.29, 1.82) is 0 Å². The van der Waals surface area contributed by atoms with E-state index >= 15 is 0 Å². The zero-order chi connectivity index (χ0) is 13.4. The highest BCUT2D eigenvalue weighted by Gasteiger charge is 2.08. The van der Waals surface area contributed by atoms with Crippen molar-refractivity contribution in [3.05, 3.63) is 64.0 Å². The number of pyridine rings is 1. The SMILES string of the molecule is Fc1cc(F)cc(Cc2nnc3ccc(Br)cn23)c1. The molecule has 0 aliphatic carbocycles. The number of rotatable bonds is 2. The van der Waals surface area contributed by atoms with E-state index in [0.29, 0.717) is 23.5 Å². The van der Waals surface area contributed by atoms with Gasteiger partial charge in [-0.05, 0) is 45.8 Å². The zero-order valence-corrected chi connectivity index (χ0v) is 11.2. The summed E-state index contributed by atoms with van der Waals surface area (Å²) in [4.78, 5) is 0. The molecule has 0 bridgehead atoms. The molecule has 3 aromatic rings. The van der Waals surface area contributed by atoms with E-state index in [9.17, 15) is 8.78 Å². The molecular formula is C13H8BrF2N3. The minimum Gasteiger partial charge on any atom is -0.285 e. The minimum absolute atomic E-state index is 0.312. The summed E-state index contributed by atoms with van der Waals surface area (Å²) in [5.41, 5.74) is 1.21. The first-order valence-corrected chi connectivity index (χ1v) is 6.35. The predicted octanol–water partition coefficient (Wildman–Crippen LogP) is 3.36. The minimum atomic E-state index is -0.593. The van der Waals surface area contributed by atoms with Crippen LogP contribution in [0.2, 0.25) is 0 Å². The van der Waals surface area contributed by atoms with Crippen LogP contribution < -0.4 is 0 Å². The second-order valence-electron chi connectivity index (χ2n) is 4.15. The molecule has 0 aliphatic rings. The third kappa shape index (κ3) is 2.49. The van der Waals surface area contributed by atoms with E-state index in [-0.39, 0.29) is 0 Å². The lowest BCUT2D eigenvalue weighted by molar-refractivity contribution is 0.580. The molecule has 0 amide bonds. The molecule has 3 nitrogen and oxygen atoms in total. The lowest BCUT2D eigenvalue weighted by Crippen LogP contribution is -1.97. The summed E-state index contributed by atoms with van der Waals surface area (Å²) in [7, 11) is 0. The quantitative estimate of drug-likeness (QED) is 0.724. The summed E-state index contributed by atoms with van der Waals surface area (Å²) in [5.74, 6) is -0.559. The van der Waals surface area contributed by atoms with E-state index in [0.717, 1.165) is 10.5 Å². The van der Waals surface area contributed by atoms with Gasteiger partial charge in [-0.15, -0.1) is 10.2 Å². The van der Waals surface area contributed by atoms with Gasteiger partial charge < -0.3 is 0 Å². The van der Waals surface area contributed by atoms with Gasteiger partial charge in [-0.3, -0.25) is 4.40 Å². The molecule has 2 aromatic heterocycles. The van der Waals surface area contributed by atoms with Gasteiger partial charge in [0, 0.05) is 23.2 Å². The summed E-state index contributed by atoms with van der Waals surface area (Å²) in [6.07, 6.45) is 2.13. The maximum absolute atomic E-state index is 13.1. The number of hydrogen-bond acceptors (Lipinski definition) is 2.